The Morgan fingerprint density at radius 3 is 2.34 bits per heavy atom. The van der Waals surface area contributed by atoms with Gasteiger partial charge in [-0.25, -0.2) is 4.39 Å². The van der Waals surface area contributed by atoms with Crippen molar-refractivity contribution in [3.05, 3.63) is 58.2 Å². The maximum absolute atomic E-state index is 13.7. The van der Waals surface area contributed by atoms with Gasteiger partial charge in [-0.3, -0.25) is 19.3 Å². The van der Waals surface area contributed by atoms with Crippen molar-refractivity contribution >= 4 is 34.9 Å². The van der Waals surface area contributed by atoms with E-state index in [-0.39, 0.29) is 23.6 Å². The van der Waals surface area contributed by atoms with Crippen LogP contribution in [0.3, 0.4) is 0 Å². The summed E-state index contributed by atoms with van der Waals surface area (Å²) in [5.74, 6) is -0.534. The zero-order chi connectivity index (χ0) is 23.3. The third-order valence-electron chi connectivity index (χ3n) is 4.60. The lowest BCUT2D eigenvalue weighted by Crippen LogP contribution is -2.37. The first kappa shape index (κ1) is 23.1. The minimum absolute atomic E-state index is 0.0112. The molecule has 10 heteroatoms. The Bertz CT molecular complexity index is 1060. The first-order chi connectivity index (χ1) is 15.4. The van der Waals surface area contributed by atoms with Crippen LogP contribution in [-0.2, 0) is 4.79 Å². The molecule has 1 aliphatic rings. The van der Waals surface area contributed by atoms with Gasteiger partial charge in [-0.1, -0.05) is 12.1 Å². The number of amides is 3. The summed E-state index contributed by atoms with van der Waals surface area (Å²) in [4.78, 5) is 38.4. The average molecular weight is 460 g/mol. The largest absolute Gasteiger partial charge is 0.493 e. The quantitative estimate of drug-likeness (QED) is 0.604. The summed E-state index contributed by atoms with van der Waals surface area (Å²) in [6, 6.07) is 8.87. The molecule has 3 rings (SSSR count). The predicted molar refractivity (Wildman–Crippen MR) is 118 cm³/mol. The van der Waals surface area contributed by atoms with E-state index in [9.17, 15) is 18.8 Å². The number of rotatable bonds is 8. The Kier molecular flexibility index (Phi) is 7.37. The Morgan fingerprint density at radius 2 is 1.75 bits per heavy atom. The Morgan fingerprint density at radius 1 is 1.09 bits per heavy atom. The molecule has 8 nitrogen and oxygen atoms in total. The molecule has 32 heavy (non-hydrogen) atoms. The summed E-state index contributed by atoms with van der Waals surface area (Å²) in [6.07, 6.45) is 1.55. The molecule has 0 radical (unpaired) electrons. The Hall–Kier alpha value is -3.53. The third-order valence-corrected chi connectivity index (χ3v) is 5.51. The summed E-state index contributed by atoms with van der Waals surface area (Å²) in [5.41, 5.74) is 0.474. The van der Waals surface area contributed by atoms with E-state index in [0.717, 1.165) is 16.7 Å². The molecule has 0 spiro atoms. The van der Waals surface area contributed by atoms with Crippen LogP contribution in [0.2, 0.25) is 0 Å². The lowest BCUT2D eigenvalue weighted by molar-refractivity contribution is -0.122. The summed E-state index contributed by atoms with van der Waals surface area (Å²) in [6.45, 7) is -0.0554. The van der Waals surface area contributed by atoms with Gasteiger partial charge in [-0.2, -0.15) is 0 Å². The molecule has 0 saturated carbocycles. The van der Waals surface area contributed by atoms with Gasteiger partial charge in [0.1, 0.15) is 5.82 Å². The van der Waals surface area contributed by atoms with Gasteiger partial charge < -0.3 is 19.5 Å². The summed E-state index contributed by atoms with van der Waals surface area (Å²) in [7, 11) is 4.44. The molecule has 0 unspecified atom stereocenters. The van der Waals surface area contributed by atoms with E-state index in [2.05, 4.69) is 5.32 Å². The van der Waals surface area contributed by atoms with Crippen molar-refractivity contribution < 1.29 is 33.0 Å². The van der Waals surface area contributed by atoms with Gasteiger partial charge >= 0.3 is 0 Å². The molecule has 0 aliphatic carbocycles. The minimum atomic E-state index is -0.649. The second kappa shape index (κ2) is 10.2. The van der Waals surface area contributed by atoms with E-state index in [4.69, 9.17) is 14.2 Å². The van der Waals surface area contributed by atoms with Crippen LogP contribution < -0.4 is 19.5 Å². The van der Waals surface area contributed by atoms with Gasteiger partial charge in [0.2, 0.25) is 5.75 Å². The molecule has 1 aliphatic heterocycles. The van der Waals surface area contributed by atoms with E-state index < -0.39 is 22.9 Å². The van der Waals surface area contributed by atoms with Crippen molar-refractivity contribution in [2.75, 3.05) is 34.4 Å². The normalized spacial score (nSPS) is 14.6. The minimum Gasteiger partial charge on any atom is -0.493 e. The molecule has 0 aromatic heterocycles. The van der Waals surface area contributed by atoms with E-state index in [1.165, 1.54) is 39.5 Å². The summed E-state index contributed by atoms with van der Waals surface area (Å²) >= 11 is 0.784. The van der Waals surface area contributed by atoms with Gasteiger partial charge in [0.15, 0.2) is 11.5 Å². The number of carbonyl (C=O) groups is 3. The van der Waals surface area contributed by atoms with Crippen LogP contribution in [0, 0.1) is 5.82 Å². The number of thioether (sulfide) groups is 1. The zero-order valence-corrected chi connectivity index (χ0v) is 18.5. The lowest BCUT2D eigenvalue weighted by atomic mass is 10.1. The first-order valence-corrected chi connectivity index (χ1v) is 10.3. The maximum atomic E-state index is 13.7. The Labute approximate surface area is 188 Å². The molecule has 2 aromatic rings. The fourth-order valence-electron chi connectivity index (χ4n) is 3.05. The second-order valence-corrected chi connectivity index (χ2v) is 7.52. The van der Waals surface area contributed by atoms with Crippen molar-refractivity contribution in [3.63, 3.8) is 0 Å². The number of hydrogen-bond donors (Lipinski definition) is 1. The molecule has 2 aromatic carbocycles. The smallest absolute Gasteiger partial charge is 0.293 e. The Balaban J connectivity index is 1.70. The predicted octanol–water partition coefficient (Wildman–Crippen LogP) is 3.32. The molecule has 0 bridgehead atoms. The van der Waals surface area contributed by atoms with Gasteiger partial charge in [-0.05, 0) is 47.7 Å². The van der Waals surface area contributed by atoms with Crippen LogP contribution >= 0.6 is 11.8 Å². The molecule has 1 fully saturated rings. The van der Waals surface area contributed by atoms with E-state index in [1.807, 2.05) is 0 Å². The van der Waals surface area contributed by atoms with E-state index >= 15 is 0 Å². The highest BCUT2D eigenvalue weighted by molar-refractivity contribution is 8.18. The first-order valence-electron chi connectivity index (χ1n) is 9.47. The van der Waals surface area contributed by atoms with Gasteiger partial charge in [0, 0.05) is 13.1 Å². The molecule has 1 N–H and O–H groups in total. The van der Waals surface area contributed by atoms with Crippen LogP contribution in [-0.4, -0.2) is 56.4 Å². The molecule has 0 atom stereocenters. The molecule has 168 valence electrons. The molecule has 1 saturated heterocycles. The van der Waals surface area contributed by atoms with Crippen LogP contribution in [0.4, 0.5) is 9.18 Å². The maximum Gasteiger partial charge on any atom is 0.293 e. The number of methoxy groups -OCH3 is 3. The number of nitrogens with zero attached hydrogens (tertiary/aromatic N) is 1. The number of nitrogens with one attached hydrogen (secondary N) is 1. The van der Waals surface area contributed by atoms with E-state index in [0.29, 0.717) is 22.8 Å². The van der Waals surface area contributed by atoms with Gasteiger partial charge in [0.05, 0.1) is 31.8 Å². The van der Waals surface area contributed by atoms with Crippen molar-refractivity contribution in [3.8, 4) is 17.2 Å². The fourth-order valence-corrected chi connectivity index (χ4v) is 3.92. The van der Waals surface area contributed by atoms with Crippen LogP contribution in [0.25, 0.3) is 6.08 Å². The lowest BCUT2D eigenvalue weighted by Gasteiger charge is -2.13. The number of benzene rings is 2. The number of halogens is 1. The highest BCUT2D eigenvalue weighted by Gasteiger charge is 2.34. The number of ether oxygens (including phenoxy) is 3. The fraction of sp³-hybridized carbons (Fsp3) is 0.227. The third kappa shape index (κ3) is 4.86. The van der Waals surface area contributed by atoms with Gasteiger partial charge in [-0.15, -0.1) is 0 Å². The monoisotopic (exact) mass is 460 g/mol. The SMILES string of the molecule is COc1cc(/C=C2\SC(=O)N(CCNC(=O)c3ccccc3F)C2=O)cc(OC)c1OC. The van der Waals surface area contributed by atoms with Crippen LogP contribution in [0.15, 0.2) is 41.3 Å². The number of imide groups is 1. The van der Waals surface area contributed by atoms with Gasteiger partial charge in [0.25, 0.3) is 17.1 Å². The molecule has 1 heterocycles. The van der Waals surface area contributed by atoms with Crippen molar-refractivity contribution in [1.29, 1.82) is 0 Å². The van der Waals surface area contributed by atoms with Crippen LogP contribution in [0.5, 0.6) is 17.2 Å². The van der Waals surface area contributed by atoms with Crippen LogP contribution in [0.1, 0.15) is 15.9 Å². The molecular weight excluding hydrogens is 439 g/mol. The molecule has 3 amide bonds. The molecular formula is C22H21FN2O6S. The zero-order valence-electron chi connectivity index (χ0n) is 17.6. The summed E-state index contributed by atoms with van der Waals surface area (Å²) < 4.78 is 29.6. The summed E-state index contributed by atoms with van der Waals surface area (Å²) in [5, 5.41) is 2.05. The highest BCUT2D eigenvalue weighted by Crippen LogP contribution is 2.40. The number of carbonyl (C=O) groups excluding carboxylic acids is 3. The standard InChI is InChI=1S/C22H21FN2O6S/c1-29-16-10-13(11-17(30-2)19(16)31-3)12-18-21(27)25(22(28)32-18)9-8-24-20(26)14-6-4-5-7-15(14)23/h4-7,10-12H,8-9H2,1-3H3,(H,24,26)/b18-12-. The van der Waals surface area contributed by atoms with E-state index in [1.54, 1.807) is 24.3 Å². The number of hydrogen-bond acceptors (Lipinski definition) is 7. The second-order valence-electron chi connectivity index (χ2n) is 6.53. The van der Waals surface area contributed by atoms with Crippen molar-refractivity contribution in [2.45, 2.75) is 0 Å². The highest BCUT2D eigenvalue weighted by atomic mass is 32.2. The topological polar surface area (TPSA) is 94.2 Å². The van der Waals surface area contributed by atoms with Crippen molar-refractivity contribution in [2.24, 2.45) is 0 Å². The average Bonchev–Trinajstić information content (AvgIpc) is 3.05. The van der Waals surface area contributed by atoms with Crippen molar-refractivity contribution in [1.82, 2.24) is 10.2 Å².